The van der Waals surface area contributed by atoms with Crippen LogP contribution >= 0.6 is 0 Å². The largest absolute Gasteiger partial charge is 0.378 e. The van der Waals surface area contributed by atoms with E-state index in [1.807, 2.05) is 0 Å². The summed E-state index contributed by atoms with van der Waals surface area (Å²) in [4.78, 5) is 30.1. The molecule has 1 N–H and O–H groups in total. The summed E-state index contributed by atoms with van der Waals surface area (Å²) in [7, 11) is 1.77. The fourth-order valence-corrected chi connectivity index (χ4v) is 4.28. The van der Waals surface area contributed by atoms with Gasteiger partial charge in [-0.05, 0) is 23.8 Å². The molecule has 2 fully saturated rings. The van der Waals surface area contributed by atoms with Gasteiger partial charge in [-0.3, -0.25) is 9.36 Å². The second-order valence-corrected chi connectivity index (χ2v) is 8.08. The smallest absolute Gasteiger partial charge is 0.255 e. The fourth-order valence-electron chi connectivity index (χ4n) is 4.28. The number of nitrogens with zero attached hydrogens (tertiary/aromatic N) is 6. The Kier molecular flexibility index (Phi) is 5.83. The Hall–Kier alpha value is -3.30. The van der Waals surface area contributed by atoms with Crippen LogP contribution in [0.25, 0.3) is 11.4 Å². The fraction of sp³-hybridized carbons (Fsp3) is 0.391. The van der Waals surface area contributed by atoms with Crippen molar-refractivity contribution in [1.29, 1.82) is 0 Å². The molecule has 4 heterocycles. The predicted molar refractivity (Wildman–Crippen MR) is 123 cm³/mol. The van der Waals surface area contributed by atoms with Crippen LogP contribution in [0.1, 0.15) is 11.6 Å². The quantitative estimate of drug-likeness (QED) is 0.657. The lowest BCUT2D eigenvalue weighted by Gasteiger charge is -2.35. The number of hydrogen-bond acceptors (Lipinski definition) is 8. The lowest BCUT2D eigenvalue weighted by atomic mass is 10.0. The number of benzene rings is 1. The monoisotopic (exact) mass is 433 g/mol. The first-order chi connectivity index (χ1) is 15.7. The number of rotatable bonds is 4. The van der Waals surface area contributed by atoms with Gasteiger partial charge in [-0.15, -0.1) is 0 Å². The Bertz CT molecular complexity index is 1110. The number of aromatic nitrogens is 4. The van der Waals surface area contributed by atoms with E-state index in [1.165, 1.54) is 23.6 Å². The summed E-state index contributed by atoms with van der Waals surface area (Å²) < 4.78 is 7.06. The Labute approximate surface area is 186 Å². The lowest BCUT2D eigenvalue weighted by Crippen LogP contribution is -2.47. The molecule has 3 aromatic rings. The van der Waals surface area contributed by atoms with Crippen molar-refractivity contribution < 1.29 is 4.74 Å². The van der Waals surface area contributed by atoms with E-state index >= 15 is 0 Å². The van der Waals surface area contributed by atoms with E-state index in [2.05, 4.69) is 49.4 Å². The first-order valence-electron chi connectivity index (χ1n) is 10.9. The van der Waals surface area contributed by atoms with Crippen LogP contribution < -0.4 is 20.7 Å². The van der Waals surface area contributed by atoms with Crippen LogP contribution in [0.4, 0.5) is 11.6 Å². The summed E-state index contributed by atoms with van der Waals surface area (Å²) in [5.74, 6) is 0.655. The standard InChI is InChI=1S/C23H27N7O2/c1-28-22(31)14-20(19-6-7-24-16-26-19)27-23(28)30-9-8-25-21(15-30)17-2-4-18(5-3-17)29-10-12-32-13-11-29/h2-7,14,16,21,25H,8-13,15H2,1H3/t21-/m1/s1. The highest BCUT2D eigenvalue weighted by molar-refractivity contribution is 5.55. The van der Waals surface area contributed by atoms with E-state index in [0.717, 1.165) is 45.9 Å². The third kappa shape index (κ3) is 4.21. The zero-order valence-electron chi connectivity index (χ0n) is 18.1. The van der Waals surface area contributed by atoms with Gasteiger partial charge in [-0.1, -0.05) is 12.1 Å². The molecule has 1 atom stereocenters. The van der Waals surface area contributed by atoms with E-state index in [1.54, 1.807) is 23.9 Å². The maximum atomic E-state index is 12.6. The Balaban J connectivity index is 1.37. The molecule has 5 rings (SSSR count). The van der Waals surface area contributed by atoms with Gasteiger partial charge in [0.2, 0.25) is 5.95 Å². The average molecular weight is 434 g/mol. The third-order valence-corrected chi connectivity index (χ3v) is 6.09. The molecular formula is C23H27N7O2. The van der Waals surface area contributed by atoms with Crippen LogP contribution in [-0.4, -0.2) is 65.5 Å². The van der Waals surface area contributed by atoms with Gasteiger partial charge in [-0.2, -0.15) is 0 Å². The molecule has 166 valence electrons. The van der Waals surface area contributed by atoms with E-state index in [-0.39, 0.29) is 11.6 Å². The van der Waals surface area contributed by atoms with Gasteiger partial charge < -0.3 is 19.9 Å². The first kappa shape index (κ1) is 20.6. The molecule has 2 aliphatic heterocycles. The molecule has 1 aromatic carbocycles. The van der Waals surface area contributed by atoms with E-state index in [9.17, 15) is 4.79 Å². The molecule has 2 aromatic heterocycles. The van der Waals surface area contributed by atoms with Crippen molar-refractivity contribution in [2.45, 2.75) is 6.04 Å². The summed E-state index contributed by atoms with van der Waals surface area (Å²) in [6, 6.07) is 12.2. The number of nitrogens with one attached hydrogen (secondary N) is 1. The maximum Gasteiger partial charge on any atom is 0.255 e. The molecule has 9 heteroatoms. The molecule has 2 aliphatic rings. The summed E-state index contributed by atoms with van der Waals surface area (Å²) in [5.41, 5.74) is 3.56. The van der Waals surface area contributed by atoms with E-state index in [4.69, 9.17) is 9.72 Å². The summed E-state index contributed by atoms with van der Waals surface area (Å²) in [5, 5.41) is 3.60. The minimum Gasteiger partial charge on any atom is -0.378 e. The van der Waals surface area contributed by atoms with Crippen LogP contribution in [-0.2, 0) is 11.8 Å². The van der Waals surface area contributed by atoms with Crippen molar-refractivity contribution in [3.8, 4) is 11.4 Å². The molecule has 9 nitrogen and oxygen atoms in total. The number of piperazine rings is 1. The third-order valence-electron chi connectivity index (χ3n) is 6.09. The number of hydrogen-bond donors (Lipinski definition) is 1. The van der Waals surface area contributed by atoms with Crippen molar-refractivity contribution in [2.24, 2.45) is 7.05 Å². The summed E-state index contributed by atoms with van der Waals surface area (Å²) in [6.45, 7) is 5.72. The van der Waals surface area contributed by atoms with Crippen molar-refractivity contribution >= 4 is 11.6 Å². The molecule has 0 aliphatic carbocycles. The number of anilines is 2. The molecule has 0 bridgehead atoms. The van der Waals surface area contributed by atoms with Gasteiger partial charge in [0, 0.05) is 63.8 Å². The van der Waals surface area contributed by atoms with Crippen LogP contribution in [0.15, 0.2) is 53.7 Å². The van der Waals surface area contributed by atoms with Crippen molar-refractivity contribution in [1.82, 2.24) is 24.8 Å². The minimum absolute atomic E-state index is 0.103. The SMILES string of the molecule is Cn1c(N2CCN[C@@H](c3ccc(N4CCOCC4)cc3)C2)nc(-c2ccncn2)cc1=O. The second kappa shape index (κ2) is 9.05. The van der Waals surface area contributed by atoms with Gasteiger partial charge in [-0.25, -0.2) is 15.0 Å². The van der Waals surface area contributed by atoms with E-state index < -0.39 is 0 Å². The van der Waals surface area contributed by atoms with Gasteiger partial charge in [0.1, 0.15) is 6.33 Å². The maximum absolute atomic E-state index is 12.6. The van der Waals surface area contributed by atoms with Crippen LogP contribution in [0.2, 0.25) is 0 Å². The predicted octanol–water partition coefficient (Wildman–Crippen LogP) is 1.22. The van der Waals surface area contributed by atoms with Crippen LogP contribution in [0.3, 0.4) is 0 Å². The van der Waals surface area contributed by atoms with Gasteiger partial charge >= 0.3 is 0 Å². The topological polar surface area (TPSA) is 88.4 Å². The molecule has 0 spiro atoms. The Morgan fingerprint density at radius 2 is 1.84 bits per heavy atom. The second-order valence-electron chi connectivity index (χ2n) is 8.08. The minimum atomic E-state index is -0.103. The molecule has 0 unspecified atom stereocenters. The molecule has 0 radical (unpaired) electrons. The number of morpholine rings is 1. The van der Waals surface area contributed by atoms with Gasteiger partial charge in [0.25, 0.3) is 5.56 Å². The Morgan fingerprint density at radius 3 is 2.59 bits per heavy atom. The van der Waals surface area contributed by atoms with Crippen molar-refractivity contribution in [2.75, 3.05) is 55.7 Å². The van der Waals surface area contributed by atoms with Gasteiger partial charge in [0.15, 0.2) is 0 Å². The van der Waals surface area contributed by atoms with E-state index in [0.29, 0.717) is 17.3 Å². The van der Waals surface area contributed by atoms with Crippen LogP contribution in [0.5, 0.6) is 0 Å². The highest BCUT2D eigenvalue weighted by Crippen LogP contribution is 2.25. The highest BCUT2D eigenvalue weighted by atomic mass is 16.5. The molecule has 2 saturated heterocycles. The van der Waals surface area contributed by atoms with Crippen molar-refractivity contribution in [3.63, 3.8) is 0 Å². The normalized spacial score (nSPS) is 19.2. The number of ether oxygens (including phenoxy) is 1. The van der Waals surface area contributed by atoms with Gasteiger partial charge in [0.05, 0.1) is 24.6 Å². The summed E-state index contributed by atoms with van der Waals surface area (Å²) in [6.07, 6.45) is 3.12. The zero-order chi connectivity index (χ0) is 21.9. The van der Waals surface area contributed by atoms with Crippen LogP contribution in [0, 0.1) is 0 Å². The molecular weight excluding hydrogens is 406 g/mol. The first-order valence-corrected chi connectivity index (χ1v) is 10.9. The Morgan fingerprint density at radius 1 is 1.03 bits per heavy atom. The molecule has 0 saturated carbocycles. The zero-order valence-corrected chi connectivity index (χ0v) is 18.1. The highest BCUT2D eigenvalue weighted by Gasteiger charge is 2.24. The van der Waals surface area contributed by atoms with Crippen molar-refractivity contribution in [3.05, 3.63) is 64.8 Å². The summed E-state index contributed by atoms with van der Waals surface area (Å²) >= 11 is 0. The lowest BCUT2D eigenvalue weighted by molar-refractivity contribution is 0.122. The average Bonchev–Trinajstić information content (AvgIpc) is 2.87. The molecule has 0 amide bonds. The molecule has 32 heavy (non-hydrogen) atoms.